The number of nitrogens with zero attached hydrogens (tertiary/aromatic N) is 2. The molecule has 1 heterocycles. The summed E-state index contributed by atoms with van der Waals surface area (Å²) in [6.45, 7) is 3.93. The Kier molecular flexibility index (Phi) is 8.04. The second-order valence-corrected chi connectivity index (χ2v) is 8.37. The first kappa shape index (κ1) is 24.7. The van der Waals surface area contributed by atoms with Crippen molar-refractivity contribution in [2.45, 2.75) is 17.8 Å². The van der Waals surface area contributed by atoms with Crippen LogP contribution in [0.25, 0.3) is 0 Å². The fourth-order valence-corrected chi connectivity index (χ4v) is 4.09. The van der Waals surface area contributed by atoms with E-state index in [9.17, 15) is 18.0 Å². The molecule has 1 saturated heterocycles. The number of hydrogen-bond acceptors (Lipinski definition) is 6. The van der Waals surface area contributed by atoms with E-state index in [4.69, 9.17) is 21.1 Å². The van der Waals surface area contributed by atoms with Gasteiger partial charge in [0.05, 0.1) is 29.2 Å². The Morgan fingerprint density at radius 3 is 2.73 bits per heavy atom. The third-order valence-corrected chi connectivity index (χ3v) is 5.84. The Hall–Kier alpha value is -2.98. The van der Waals surface area contributed by atoms with Crippen LogP contribution in [0.3, 0.4) is 0 Å². The Balaban J connectivity index is 1.66. The number of amidine groups is 1. The summed E-state index contributed by atoms with van der Waals surface area (Å²) in [5, 5.41) is 9.77. The fraction of sp³-hybridized carbons (Fsp3) is 0.227. The minimum atomic E-state index is -4.57. The molecule has 0 radical (unpaired) electrons. The lowest BCUT2D eigenvalue weighted by atomic mass is 10.1. The molecule has 1 amide bonds. The third kappa shape index (κ3) is 6.52. The molecule has 33 heavy (non-hydrogen) atoms. The average molecular weight is 498 g/mol. The highest BCUT2D eigenvalue weighted by Gasteiger charge is 2.35. The number of benzene rings is 2. The van der Waals surface area contributed by atoms with Crippen molar-refractivity contribution in [2.75, 3.05) is 13.7 Å². The Bertz CT molecular complexity index is 1110. The summed E-state index contributed by atoms with van der Waals surface area (Å²) in [4.78, 5) is 12.2. The molecular weight excluding hydrogens is 479 g/mol. The summed E-state index contributed by atoms with van der Waals surface area (Å²) in [5.41, 5.74) is 0.101. The van der Waals surface area contributed by atoms with E-state index in [1.807, 2.05) is 0 Å². The van der Waals surface area contributed by atoms with Gasteiger partial charge in [-0.2, -0.15) is 18.3 Å². The molecule has 2 aromatic carbocycles. The zero-order valence-electron chi connectivity index (χ0n) is 17.4. The van der Waals surface area contributed by atoms with Gasteiger partial charge in [0.25, 0.3) is 0 Å². The predicted molar refractivity (Wildman–Crippen MR) is 123 cm³/mol. The molecule has 1 atom stereocenters. The number of carbonyl (C=O) groups is 1. The number of nitrogens with one attached hydrogen (secondary N) is 1. The maximum Gasteiger partial charge on any atom is 0.417 e. The van der Waals surface area contributed by atoms with Crippen molar-refractivity contribution in [3.8, 4) is 11.5 Å². The van der Waals surface area contributed by atoms with Gasteiger partial charge in [0.1, 0.15) is 6.61 Å². The van der Waals surface area contributed by atoms with Crippen molar-refractivity contribution >= 4 is 40.7 Å². The summed E-state index contributed by atoms with van der Waals surface area (Å²) < 4.78 is 50.0. The molecule has 11 heteroatoms. The highest BCUT2D eigenvalue weighted by molar-refractivity contribution is 8.15. The molecule has 0 aliphatic carbocycles. The van der Waals surface area contributed by atoms with Crippen LogP contribution in [0.4, 0.5) is 13.2 Å². The van der Waals surface area contributed by atoms with Crippen molar-refractivity contribution in [1.82, 2.24) is 5.32 Å². The number of thioether (sulfide) groups is 1. The SMILES string of the molecule is C=CCOc1ccc(/C=N/N=C2\NC(=O)C(Cc3ccc(Cl)c(C(F)(F)F)c3)S2)cc1OC. The minimum Gasteiger partial charge on any atom is -0.493 e. The normalized spacial score (nSPS) is 17.4. The molecule has 2 aromatic rings. The first-order valence-electron chi connectivity index (χ1n) is 9.57. The van der Waals surface area contributed by atoms with Crippen molar-refractivity contribution < 1.29 is 27.4 Å². The first-order valence-corrected chi connectivity index (χ1v) is 10.8. The molecule has 6 nitrogen and oxygen atoms in total. The number of amides is 1. The number of hydrogen-bond donors (Lipinski definition) is 1. The fourth-order valence-electron chi connectivity index (χ4n) is 2.90. The Morgan fingerprint density at radius 2 is 2.03 bits per heavy atom. The topological polar surface area (TPSA) is 72.3 Å². The van der Waals surface area contributed by atoms with Gasteiger partial charge in [-0.3, -0.25) is 4.79 Å². The van der Waals surface area contributed by atoms with Gasteiger partial charge in [-0.1, -0.05) is 42.1 Å². The van der Waals surface area contributed by atoms with Gasteiger partial charge in [-0.25, -0.2) is 0 Å². The van der Waals surface area contributed by atoms with E-state index in [0.29, 0.717) is 29.2 Å². The molecule has 0 saturated carbocycles. The van der Waals surface area contributed by atoms with Gasteiger partial charge in [-0.15, -0.1) is 5.10 Å². The van der Waals surface area contributed by atoms with Crippen LogP contribution in [0, 0.1) is 0 Å². The third-order valence-electron chi connectivity index (χ3n) is 4.43. The van der Waals surface area contributed by atoms with Crippen LogP contribution in [-0.2, 0) is 17.4 Å². The lowest BCUT2D eigenvalue weighted by Gasteiger charge is -2.12. The highest BCUT2D eigenvalue weighted by atomic mass is 35.5. The van der Waals surface area contributed by atoms with E-state index in [1.54, 1.807) is 24.3 Å². The largest absolute Gasteiger partial charge is 0.493 e. The number of rotatable bonds is 8. The lowest BCUT2D eigenvalue weighted by molar-refractivity contribution is -0.137. The molecular formula is C22H19ClF3N3O3S. The van der Waals surface area contributed by atoms with Crippen LogP contribution < -0.4 is 14.8 Å². The zero-order chi connectivity index (χ0) is 24.0. The first-order chi connectivity index (χ1) is 15.7. The predicted octanol–water partition coefficient (Wildman–Crippen LogP) is 5.10. The monoisotopic (exact) mass is 497 g/mol. The van der Waals surface area contributed by atoms with E-state index < -0.39 is 17.0 Å². The van der Waals surface area contributed by atoms with Crippen LogP contribution in [0.5, 0.6) is 11.5 Å². The van der Waals surface area contributed by atoms with Crippen molar-refractivity contribution in [3.63, 3.8) is 0 Å². The molecule has 0 aromatic heterocycles. The molecule has 1 N–H and O–H groups in total. The molecule has 174 valence electrons. The van der Waals surface area contributed by atoms with E-state index in [2.05, 4.69) is 22.1 Å². The van der Waals surface area contributed by atoms with Crippen molar-refractivity contribution in [2.24, 2.45) is 10.2 Å². The standard InChI is InChI=1S/C22H19ClF3N3O3S/c1-3-8-32-17-7-5-14(10-18(17)31-2)12-27-29-21-28-20(30)19(33-21)11-13-4-6-16(23)15(9-13)22(24,25)26/h3-7,9-10,12,19H,1,8,11H2,2H3,(H,28,29,30)/b27-12+. The quantitative estimate of drug-likeness (QED) is 0.313. The summed E-state index contributed by atoms with van der Waals surface area (Å²) in [5.74, 6) is 0.708. The molecule has 3 rings (SSSR count). The van der Waals surface area contributed by atoms with Crippen LogP contribution in [0.1, 0.15) is 16.7 Å². The number of halogens is 4. The van der Waals surface area contributed by atoms with Crippen LogP contribution in [-0.4, -0.2) is 36.3 Å². The number of methoxy groups -OCH3 is 1. The van der Waals surface area contributed by atoms with Crippen molar-refractivity contribution in [1.29, 1.82) is 0 Å². The average Bonchev–Trinajstić information content (AvgIpc) is 3.12. The Labute approximate surface area is 197 Å². The van der Waals surface area contributed by atoms with Crippen LogP contribution in [0.2, 0.25) is 5.02 Å². The van der Waals surface area contributed by atoms with Gasteiger partial charge in [0, 0.05) is 0 Å². The van der Waals surface area contributed by atoms with Crippen LogP contribution in [0.15, 0.2) is 59.3 Å². The Morgan fingerprint density at radius 1 is 1.24 bits per heavy atom. The second kappa shape index (κ2) is 10.8. The van der Waals surface area contributed by atoms with Crippen LogP contribution >= 0.6 is 23.4 Å². The van der Waals surface area contributed by atoms with Gasteiger partial charge in [0.15, 0.2) is 16.7 Å². The lowest BCUT2D eigenvalue weighted by Crippen LogP contribution is -2.26. The smallest absolute Gasteiger partial charge is 0.417 e. The summed E-state index contributed by atoms with van der Waals surface area (Å²) in [6, 6.07) is 8.79. The highest BCUT2D eigenvalue weighted by Crippen LogP contribution is 2.36. The molecule has 0 spiro atoms. The molecule has 0 bridgehead atoms. The number of ether oxygens (including phenoxy) is 2. The van der Waals surface area contributed by atoms with E-state index in [0.717, 1.165) is 17.8 Å². The summed E-state index contributed by atoms with van der Waals surface area (Å²) in [6.07, 6.45) is -1.39. The molecule has 1 aliphatic heterocycles. The molecule has 1 fully saturated rings. The maximum absolute atomic E-state index is 13.1. The van der Waals surface area contributed by atoms with Gasteiger partial charge in [-0.05, 0) is 47.9 Å². The minimum absolute atomic E-state index is 0.0862. The maximum atomic E-state index is 13.1. The molecule has 1 unspecified atom stereocenters. The zero-order valence-corrected chi connectivity index (χ0v) is 18.9. The van der Waals surface area contributed by atoms with E-state index >= 15 is 0 Å². The summed E-state index contributed by atoms with van der Waals surface area (Å²) in [7, 11) is 1.51. The summed E-state index contributed by atoms with van der Waals surface area (Å²) >= 11 is 6.74. The van der Waals surface area contributed by atoms with Crippen molar-refractivity contribution in [3.05, 3.63) is 70.8 Å². The molecule has 1 aliphatic rings. The van der Waals surface area contributed by atoms with Gasteiger partial charge < -0.3 is 14.8 Å². The van der Waals surface area contributed by atoms with Gasteiger partial charge in [0.2, 0.25) is 5.91 Å². The number of alkyl halides is 3. The van der Waals surface area contributed by atoms with E-state index in [1.165, 1.54) is 25.5 Å². The van der Waals surface area contributed by atoms with Gasteiger partial charge >= 0.3 is 6.18 Å². The number of carbonyl (C=O) groups excluding carboxylic acids is 1. The van der Waals surface area contributed by atoms with E-state index in [-0.39, 0.29) is 22.5 Å². The second-order valence-electron chi connectivity index (χ2n) is 6.77.